The molecule has 3 nitrogen and oxygen atoms in total. The zero-order chi connectivity index (χ0) is 13.4. The molecular weight excluding hydrogens is 228 g/mol. The van der Waals surface area contributed by atoms with Crippen LogP contribution in [-0.4, -0.2) is 23.9 Å². The summed E-state index contributed by atoms with van der Waals surface area (Å²) in [6, 6.07) is 5.56. The van der Waals surface area contributed by atoms with E-state index in [0.717, 1.165) is 18.4 Å². The third-order valence-electron chi connectivity index (χ3n) is 2.93. The average Bonchev–Trinajstić information content (AvgIpc) is 2.38. The molecule has 0 radical (unpaired) electrons. The summed E-state index contributed by atoms with van der Waals surface area (Å²) in [7, 11) is 1.55. The number of aliphatic hydroxyl groups excluding tert-OH is 1. The first-order valence-electron chi connectivity index (χ1n) is 6.31. The molecule has 1 aromatic carbocycles. The molecule has 3 heteroatoms. The minimum absolute atomic E-state index is 0.194. The number of phenolic OH excluding ortho intramolecular Hbond substituents is 1. The van der Waals surface area contributed by atoms with Crippen LogP contribution in [0.1, 0.15) is 25.3 Å². The molecule has 1 unspecified atom stereocenters. The van der Waals surface area contributed by atoms with Gasteiger partial charge in [-0.15, -0.1) is 0 Å². The van der Waals surface area contributed by atoms with Crippen molar-refractivity contribution < 1.29 is 14.9 Å². The number of methoxy groups -OCH3 is 1. The SMILES string of the molecule is COc1cccc(CCC(C)/C=C\CCO)c1O. The van der Waals surface area contributed by atoms with Gasteiger partial charge in [-0.25, -0.2) is 0 Å². The van der Waals surface area contributed by atoms with Crippen LogP contribution in [0.3, 0.4) is 0 Å². The summed E-state index contributed by atoms with van der Waals surface area (Å²) in [6.45, 7) is 2.32. The molecule has 0 saturated carbocycles. The van der Waals surface area contributed by atoms with Crippen molar-refractivity contribution in [2.24, 2.45) is 5.92 Å². The molecule has 1 rings (SSSR count). The Morgan fingerprint density at radius 1 is 1.39 bits per heavy atom. The molecule has 0 aliphatic rings. The van der Waals surface area contributed by atoms with Crippen LogP contribution in [-0.2, 0) is 6.42 Å². The number of phenols is 1. The fourth-order valence-electron chi connectivity index (χ4n) is 1.82. The number of aryl methyl sites for hydroxylation is 1. The van der Waals surface area contributed by atoms with Gasteiger partial charge in [0.25, 0.3) is 0 Å². The molecule has 0 amide bonds. The summed E-state index contributed by atoms with van der Waals surface area (Å²) in [5, 5.41) is 18.6. The molecule has 0 aliphatic carbocycles. The van der Waals surface area contributed by atoms with Gasteiger partial charge >= 0.3 is 0 Å². The first-order chi connectivity index (χ1) is 8.69. The number of ether oxygens (including phenoxy) is 1. The molecular formula is C15H22O3. The van der Waals surface area contributed by atoms with Gasteiger partial charge in [0.15, 0.2) is 11.5 Å². The monoisotopic (exact) mass is 250 g/mol. The number of hydrogen-bond donors (Lipinski definition) is 2. The van der Waals surface area contributed by atoms with Crippen LogP contribution in [0.5, 0.6) is 11.5 Å². The Labute approximate surface area is 109 Å². The predicted octanol–water partition coefficient (Wildman–Crippen LogP) is 2.91. The molecule has 0 aliphatic heterocycles. The second-order valence-electron chi connectivity index (χ2n) is 4.42. The Morgan fingerprint density at radius 3 is 2.83 bits per heavy atom. The van der Waals surface area contributed by atoms with Gasteiger partial charge in [-0.05, 0) is 36.8 Å². The third-order valence-corrected chi connectivity index (χ3v) is 2.93. The number of hydrogen-bond acceptors (Lipinski definition) is 3. The van der Waals surface area contributed by atoms with Gasteiger partial charge in [-0.1, -0.05) is 31.2 Å². The number of aromatic hydroxyl groups is 1. The highest BCUT2D eigenvalue weighted by atomic mass is 16.5. The highest BCUT2D eigenvalue weighted by molar-refractivity contribution is 5.45. The lowest BCUT2D eigenvalue weighted by atomic mass is 9.99. The fourth-order valence-corrected chi connectivity index (χ4v) is 1.82. The van der Waals surface area contributed by atoms with Crippen molar-refractivity contribution in [2.75, 3.05) is 13.7 Å². The van der Waals surface area contributed by atoms with Crippen molar-refractivity contribution in [3.8, 4) is 11.5 Å². The van der Waals surface area contributed by atoms with Crippen LogP contribution in [0.2, 0.25) is 0 Å². The minimum atomic E-state index is 0.194. The van der Waals surface area contributed by atoms with Gasteiger partial charge in [0.2, 0.25) is 0 Å². The molecule has 1 atom stereocenters. The molecule has 0 saturated heterocycles. The Morgan fingerprint density at radius 2 is 2.17 bits per heavy atom. The van der Waals surface area contributed by atoms with E-state index in [2.05, 4.69) is 13.0 Å². The van der Waals surface area contributed by atoms with E-state index in [1.165, 1.54) is 0 Å². The lowest BCUT2D eigenvalue weighted by Crippen LogP contribution is -1.95. The number of aliphatic hydroxyl groups is 1. The summed E-state index contributed by atoms with van der Waals surface area (Å²) in [5.41, 5.74) is 0.914. The van der Waals surface area contributed by atoms with E-state index in [0.29, 0.717) is 18.1 Å². The van der Waals surface area contributed by atoms with Crippen LogP contribution >= 0.6 is 0 Å². The lowest BCUT2D eigenvalue weighted by Gasteiger charge is -2.10. The van der Waals surface area contributed by atoms with Gasteiger partial charge in [-0.3, -0.25) is 0 Å². The molecule has 0 spiro atoms. The normalized spacial score (nSPS) is 12.8. The third kappa shape index (κ3) is 4.41. The van der Waals surface area contributed by atoms with E-state index in [1.54, 1.807) is 13.2 Å². The number of benzene rings is 1. The summed E-state index contributed by atoms with van der Waals surface area (Å²) in [4.78, 5) is 0. The number of para-hydroxylation sites is 1. The smallest absolute Gasteiger partial charge is 0.160 e. The van der Waals surface area contributed by atoms with E-state index >= 15 is 0 Å². The first kappa shape index (κ1) is 14.6. The topological polar surface area (TPSA) is 49.7 Å². The second-order valence-corrected chi connectivity index (χ2v) is 4.42. The Kier molecular flexibility index (Phi) is 6.29. The van der Waals surface area contributed by atoms with Crippen molar-refractivity contribution in [3.05, 3.63) is 35.9 Å². The first-order valence-corrected chi connectivity index (χ1v) is 6.31. The minimum Gasteiger partial charge on any atom is -0.504 e. The highest BCUT2D eigenvalue weighted by Crippen LogP contribution is 2.30. The van der Waals surface area contributed by atoms with E-state index in [1.807, 2.05) is 18.2 Å². The van der Waals surface area contributed by atoms with Crippen molar-refractivity contribution in [1.29, 1.82) is 0 Å². The number of rotatable bonds is 7. The van der Waals surface area contributed by atoms with Crippen LogP contribution < -0.4 is 4.74 Å². The zero-order valence-corrected chi connectivity index (χ0v) is 11.1. The van der Waals surface area contributed by atoms with Crippen LogP contribution in [0.4, 0.5) is 0 Å². The summed E-state index contributed by atoms with van der Waals surface area (Å²) >= 11 is 0. The molecule has 0 aromatic heterocycles. The van der Waals surface area contributed by atoms with E-state index in [4.69, 9.17) is 9.84 Å². The lowest BCUT2D eigenvalue weighted by molar-refractivity contribution is 0.302. The van der Waals surface area contributed by atoms with Gasteiger partial charge in [0.05, 0.1) is 7.11 Å². The van der Waals surface area contributed by atoms with Crippen LogP contribution in [0.25, 0.3) is 0 Å². The molecule has 0 heterocycles. The fraction of sp³-hybridized carbons (Fsp3) is 0.467. The maximum atomic E-state index is 9.94. The largest absolute Gasteiger partial charge is 0.504 e. The van der Waals surface area contributed by atoms with E-state index in [9.17, 15) is 5.11 Å². The van der Waals surface area contributed by atoms with Gasteiger partial charge in [-0.2, -0.15) is 0 Å². The van der Waals surface area contributed by atoms with Crippen molar-refractivity contribution in [1.82, 2.24) is 0 Å². The van der Waals surface area contributed by atoms with Gasteiger partial charge in [0.1, 0.15) is 0 Å². The van der Waals surface area contributed by atoms with Crippen molar-refractivity contribution >= 4 is 0 Å². The Balaban J connectivity index is 2.53. The van der Waals surface area contributed by atoms with E-state index < -0.39 is 0 Å². The standard InChI is InChI=1S/C15H22O3/c1-12(6-3-4-11-16)9-10-13-7-5-8-14(18-2)15(13)17/h3,5-8,12,16-17H,4,9-11H2,1-2H3/b6-3-. The predicted molar refractivity (Wildman–Crippen MR) is 73.0 cm³/mol. The maximum Gasteiger partial charge on any atom is 0.160 e. The quantitative estimate of drug-likeness (QED) is 0.731. The van der Waals surface area contributed by atoms with Gasteiger partial charge < -0.3 is 14.9 Å². The Bertz CT molecular complexity index is 385. The Hall–Kier alpha value is -1.48. The molecule has 0 fully saturated rings. The molecule has 2 N–H and O–H groups in total. The van der Waals surface area contributed by atoms with Crippen molar-refractivity contribution in [2.45, 2.75) is 26.2 Å². The van der Waals surface area contributed by atoms with Crippen LogP contribution in [0.15, 0.2) is 30.4 Å². The molecule has 100 valence electrons. The molecule has 1 aromatic rings. The maximum absolute atomic E-state index is 9.94. The molecule has 18 heavy (non-hydrogen) atoms. The van der Waals surface area contributed by atoms with Crippen LogP contribution in [0, 0.1) is 5.92 Å². The van der Waals surface area contributed by atoms with E-state index in [-0.39, 0.29) is 12.4 Å². The van der Waals surface area contributed by atoms with Crippen molar-refractivity contribution in [3.63, 3.8) is 0 Å². The zero-order valence-electron chi connectivity index (χ0n) is 11.1. The summed E-state index contributed by atoms with van der Waals surface area (Å²) in [5.74, 6) is 1.20. The average molecular weight is 250 g/mol. The number of allylic oxidation sites excluding steroid dienone is 1. The summed E-state index contributed by atoms with van der Waals surface area (Å²) in [6.07, 6.45) is 6.58. The van der Waals surface area contributed by atoms with Gasteiger partial charge in [0, 0.05) is 6.61 Å². The molecule has 0 bridgehead atoms. The highest BCUT2D eigenvalue weighted by Gasteiger charge is 2.07. The summed E-state index contributed by atoms with van der Waals surface area (Å²) < 4.78 is 5.08. The second kappa shape index (κ2) is 7.77.